The maximum absolute atomic E-state index is 14.9. The molecule has 1 amide bonds. The lowest BCUT2D eigenvalue weighted by atomic mass is 9.94. The zero-order valence-corrected chi connectivity index (χ0v) is 18.5. The van der Waals surface area contributed by atoms with Gasteiger partial charge in [-0.2, -0.15) is 0 Å². The Balaban J connectivity index is 1.92. The molecule has 1 heterocycles. The molecule has 35 heavy (non-hydrogen) atoms. The highest BCUT2D eigenvalue weighted by Gasteiger charge is 2.47. The van der Waals surface area contributed by atoms with E-state index in [9.17, 15) is 37.6 Å². The number of non-ortho nitro benzene ring substituents is 1. The quantitative estimate of drug-likeness (QED) is 0.180. The first-order chi connectivity index (χ1) is 16.5. The van der Waals surface area contributed by atoms with Crippen LogP contribution in [-0.4, -0.2) is 30.1 Å². The fourth-order valence-corrected chi connectivity index (χ4v) is 4.30. The molecule has 12 heteroatoms. The van der Waals surface area contributed by atoms with Crippen LogP contribution >= 0.6 is 0 Å². The number of halogens is 1. The van der Waals surface area contributed by atoms with Gasteiger partial charge < -0.3 is 5.11 Å². The first-order valence-electron chi connectivity index (χ1n) is 9.94. The smallest absolute Gasteiger partial charge is 0.300 e. The largest absolute Gasteiger partial charge is 0.507 e. The predicted octanol–water partition coefficient (Wildman–Crippen LogP) is 3.01. The maximum atomic E-state index is 14.9. The summed E-state index contributed by atoms with van der Waals surface area (Å²) in [7, 11) is -4.04. The van der Waals surface area contributed by atoms with Gasteiger partial charge in [-0.15, -0.1) is 0 Å². The average Bonchev–Trinajstić information content (AvgIpc) is 3.08. The summed E-state index contributed by atoms with van der Waals surface area (Å²) in [4.78, 5) is 37.1. The summed E-state index contributed by atoms with van der Waals surface area (Å²) < 4.78 is 38.0. The summed E-state index contributed by atoms with van der Waals surface area (Å²) in [5.41, 5.74) is -0.757. The van der Waals surface area contributed by atoms with Gasteiger partial charge in [0.05, 0.1) is 21.4 Å². The van der Waals surface area contributed by atoms with Gasteiger partial charge in [-0.1, -0.05) is 18.2 Å². The highest BCUT2D eigenvalue weighted by Crippen LogP contribution is 2.43. The fraction of sp³-hybridized carbons (Fsp3) is 0.0435. The number of hydrogen-bond donors (Lipinski definition) is 2. The number of ketones is 1. The van der Waals surface area contributed by atoms with Crippen LogP contribution in [0.2, 0.25) is 0 Å². The molecule has 0 unspecified atom stereocenters. The van der Waals surface area contributed by atoms with E-state index < -0.39 is 49.8 Å². The number of nitro benzene ring substituents is 1. The van der Waals surface area contributed by atoms with Crippen molar-refractivity contribution in [3.63, 3.8) is 0 Å². The first-order valence-corrected chi connectivity index (χ1v) is 11.5. The average molecular weight is 497 g/mol. The van der Waals surface area contributed by atoms with Gasteiger partial charge in [-0.25, -0.2) is 17.9 Å². The van der Waals surface area contributed by atoms with Crippen molar-refractivity contribution in [1.29, 1.82) is 0 Å². The zero-order valence-electron chi connectivity index (χ0n) is 17.7. The van der Waals surface area contributed by atoms with E-state index in [1.54, 1.807) is 0 Å². The number of nitro groups is 1. The van der Waals surface area contributed by atoms with Gasteiger partial charge in [0, 0.05) is 28.9 Å². The fourth-order valence-electron chi connectivity index (χ4n) is 3.78. The van der Waals surface area contributed by atoms with Crippen LogP contribution in [0.15, 0.2) is 83.3 Å². The number of carbonyl (C=O) groups is 2. The molecule has 4 rings (SSSR count). The summed E-state index contributed by atoms with van der Waals surface area (Å²) >= 11 is 0. The summed E-state index contributed by atoms with van der Waals surface area (Å²) in [6.07, 6.45) is 0. The number of nitrogens with zero attached hydrogens (tertiary/aromatic N) is 2. The van der Waals surface area contributed by atoms with E-state index in [4.69, 9.17) is 5.14 Å². The second kappa shape index (κ2) is 8.74. The molecular formula is C23H16FN3O7S. The molecule has 0 bridgehead atoms. The molecule has 10 nitrogen and oxygen atoms in total. The molecule has 178 valence electrons. The molecule has 0 radical (unpaired) electrons. The number of rotatable bonds is 5. The normalized spacial score (nSPS) is 17.5. The molecule has 0 aliphatic carbocycles. The van der Waals surface area contributed by atoms with Gasteiger partial charge in [0.15, 0.2) is 0 Å². The molecule has 0 saturated carbocycles. The van der Waals surface area contributed by atoms with Crippen molar-refractivity contribution in [2.24, 2.45) is 5.14 Å². The summed E-state index contributed by atoms with van der Waals surface area (Å²) in [6.45, 7) is 0. The number of aliphatic hydroxyl groups is 1. The molecule has 1 aliphatic rings. The lowest BCUT2D eigenvalue weighted by molar-refractivity contribution is -0.384. The predicted molar refractivity (Wildman–Crippen MR) is 122 cm³/mol. The molecular weight excluding hydrogens is 481 g/mol. The third kappa shape index (κ3) is 4.27. The molecule has 1 saturated heterocycles. The van der Waals surface area contributed by atoms with Crippen molar-refractivity contribution in [2.75, 3.05) is 4.90 Å². The molecule has 1 atom stereocenters. The Bertz CT molecular complexity index is 1500. The van der Waals surface area contributed by atoms with Crippen molar-refractivity contribution in [3.8, 4) is 0 Å². The number of sulfonamides is 1. The lowest BCUT2D eigenvalue weighted by Gasteiger charge is -2.25. The Kier molecular flexibility index (Phi) is 5.92. The van der Waals surface area contributed by atoms with Crippen molar-refractivity contribution in [1.82, 2.24) is 0 Å². The van der Waals surface area contributed by atoms with Gasteiger partial charge in [0.25, 0.3) is 17.4 Å². The third-order valence-corrected chi connectivity index (χ3v) is 6.37. The van der Waals surface area contributed by atoms with E-state index in [1.807, 2.05) is 0 Å². The molecule has 0 aromatic heterocycles. The highest BCUT2D eigenvalue weighted by atomic mass is 32.2. The van der Waals surface area contributed by atoms with Crippen molar-refractivity contribution in [3.05, 3.63) is 105 Å². The van der Waals surface area contributed by atoms with Crippen LogP contribution in [0.25, 0.3) is 5.76 Å². The minimum absolute atomic E-state index is 0.000452. The van der Waals surface area contributed by atoms with Crippen LogP contribution in [0.4, 0.5) is 15.8 Å². The Labute approximate surface area is 197 Å². The maximum Gasteiger partial charge on any atom is 0.300 e. The molecule has 3 aromatic carbocycles. The van der Waals surface area contributed by atoms with Crippen LogP contribution in [0.1, 0.15) is 17.2 Å². The van der Waals surface area contributed by atoms with Crippen LogP contribution < -0.4 is 10.0 Å². The number of anilines is 1. The van der Waals surface area contributed by atoms with E-state index in [-0.39, 0.29) is 27.4 Å². The molecule has 1 fully saturated rings. The monoisotopic (exact) mass is 497 g/mol. The van der Waals surface area contributed by atoms with Crippen molar-refractivity contribution in [2.45, 2.75) is 10.9 Å². The van der Waals surface area contributed by atoms with E-state index in [2.05, 4.69) is 0 Å². The molecule has 0 spiro atoms. The molecule has 3 aromatic rings. The van der Waals surface area contributed by atoms with Gasteiger partial charge in [0.2, 0.25) is 10.0 Å². The Morgan fingerprint density at radius 3 is 2.14 bits per heavy atom. The van der Waals surface area contributed by atoms with Gasteiger partial charge in [0.1, 0.15) is 11.6 Å². The lowest BCUT2D eigenvalue weighted by Crippen LogP contribution is -2.30. The summed E-state index contributed by atoms with van der Waals surface area (Å²) in [5.74, 6) is -3.63. The second-order valence-electron chi connectivity index (χ2n) is 7.53. The first kappa shape index (κ1) is 23.7. The van der Waals surface area contributed by atoms with Gasteiger partial charge >= 0.3 is 0 Å². The minimum Gasteiger partial charge on any atom is -0.507 e. The summed E-state index contributed by atoms with van der Waals surface area (Å²) in [6, 6.07) is 13.2. The Hall–Kier alpha value is -4.42. The molecule has 3 N–H and O–H groups in total. The number of benzene rings is 3. The van der Waals surface area contributed by atoms with Crippen LogP contribution in [0.5, 0.6) is 0 Å². The zero-order chi connectivity index (χ0) is 25.5. The van der Waals surface area contributed by atoms with Gasteiger partial charge in [-0.05, 0) is 42.5 Å². The number of hydrogen-bond acceptors (Lipinski definition) is 7. The Morgan fingerprint density at radius 2 is 1.60 bits per heavy atom. The number of carbonyl (C=O) groups excluding carboxylic acids is 2. The number of Topliss-reactive ketones (excluding diaryl/α,β-unsaturated/α-hetero) is 1. The number of amides is 1. The van der Waals surface area contributed by atoms with Crippen LogP contribution in [0, 0.1) is 15.9 Å². The van der Waals surface area contributed by atoms with Crippen molar-refractivity contribution < 1.29 is 32.4 Å². The number of primary sulfonamides is 1. The Morgan fingerprint density at radius 1 is 1.00 bits per heavy atom. The van der Waals surface area contributed by atoms with E-state index in [1.165, 1.54) is 42.5 Å². The number of aliphatic hydroxyl groups excluding tert-OH is 1. The highest BCUT2D eigenvalue weighted by molar-refractivity contribution is 7.89. The van der Waals surface area contributed by atoms with Gasteiger partial charge in [-0.3, -0.25) is 24.6 Å². The standard InChI is InChI=1S/C23H16FN3O7S/c24-18-4-2-1-3-17(18)20-19(21(28)13-5-7-15(8-6-13)27(31)32)22(29)23(30)26(20)14-9-11-16(12-10-14)35(25,33)34/h1-12,20,28H,(H2,25,33,34)/b21-19+/t20-/m0/s1. The second-order valence-corrected chi connectivity index (χ2v) is 9.09. The third-order valence-electron chi connectivity index (χ3n) is 5.44. The van der Waals surface area contributed by atoms with Crippen LogP contribution in [-0.2, 0) is 19.6 Å². The minimum atomic E-state index is -4.04. The summed E-state index contributed by atoms with van der Waals surface area (Å²) in [5, 5.41) is 27.0. The number of nitrogens with two attached hydrogens (primary N) is 1. The molecule has 1 aliphatic heterocycles. The van der Waals surface area contributed by atoms with E-state index in [0.717, 1.165) is 35.2 Å². The SMILES string of the molecule is NS(=O)(=O)c1ccc(N2C(=O)C(=O)/C(=C(/O)c3ccc([N+](=O)[O-])cc3)[C@@H]2c2ccccc2F)cc1. The van der Waals surface area contributed by atoms with E-state index in [0.29, 0.717) is 0 Å². The van der Waals surface area contributed by atoms with E-state index >= 15 is 0 Å². The topological polar surface area (TPSA) is 161 Å². The van der Waals surface area contributed by atoms with Crippen LogP contribution in [0.3, 0.4) is 0 Å². The van der Waals surface area contributed by atoms with Crippen molar-refractivity contribution >= 4 is 38.8 Å².